The van der Waals surface area contributed by atoms with Crippen LogP contribution in [0, 0.1) is 0 Å². The Morgan fingerprint density at radius 1 is 0.447 bits per heavy atom. The Morgan fingerprint density at radius 3 is 0.658 bits per heavy atom. The van der Waals surface area contributed by atoms with E-state index < -0.39 is 90.8 Å². The summed E-state index contributed by atoms with van der Waals surface area (Å²) in [6, 6.07) is 0. The SMILES string of the molecule is O=C([O-])CC(O)C(O)(O)C(=O)[O-].O=C([O-])CC(O)C(O)(O)C(=O)[O-].O=C([O-])CC(O)C(O)(O)C(=O)[O-].[Cr+3].[Cr+3]. The molecule has 3 atom stereocenters. The molecule has 23 heteroatoms. The van der Waals surface area contributed by atoms with Crippen LogP contribution in [0.5, 0.6) is 0 Å². The van der Waals surface area contributed by atoms with E-state index in [2.05, 4.69) is 0 Å². The molecule has 0 aromatic rings. The van der Waals surface area contributed by atoms with Gasteiger partial charge in [-0.05, 0) is 0 Å². The van der Waals surface area contributed by atoms with Gasteiger partial charge in [0.25, 0.3) is 0 Å². The summed E-state index contributed by atoms with van der Waals surface area (Å²) < 4.78 is 0. The Balaban J connectivity index is -0.000000140. The molecule has 0 heterocycles. The Kier molecular flexibility index (Phi) is 22.4. The van der Waals surface area contributed by atoms with Gasteiger partial charge < -0.3 is 105 Å². The van der Waals surface area contributed by atoms with Gasteiger partial charge in [-0.1, -0.05) is 0 Å². The van der Waals surface area contributed by atoms with Crippen LogP contribution in [-0.4, -0.2) is 117 Å². The Morgan fingerprint density at radius 2 is 0.579 bits per heavy atom. The van der Waals surface area contributed by atoms with E-state index in [1.807, 2.05) is 0 Å². The van der Waals surface area contributed by atoms with Gasteiger partial charge in [0.05, 0.1) is 0 Å². The maximum atomic E-state index is 9.86. The predicted octanol–water partition coefficient (Wildman–Crippen LogP) is -15.3. The van der Waals surface area contributed by atoms with Crippen LogP contribution in [0.4, 0.5) is 0 Å². The van der Waals surface area contributed by atoms with E-state index in [9.17, 15) is 59.4 Å². The van der Waals surface area contributed by atoms with E-state index in [-0.39, 0.29) is 34.7 Å². The number of aliphatic carboxylic acids is 6. The van der Waals surface area contributed by atoms with Gasteiger partial charge in [-0.25, -0.2) is 0 Å². The van der Waals surface area contributed by atoms with Crippen molar-refractivity contribution in [1.29, 1.82) is 0 Å². The van der Waals surface area contributed by atoms with E-state index in [0.29, 0.717) is 0 Å². The molecule has 9 N–H and O–H groups in total. The van der Waals surface area contributed by atoms with Crippen LogP contribution >= 0.6 is 0 Å². The third-order valence-corrected chi connectivity index (χ3v) is 3.38. The zero-order chi connectivity index (χ0) is 29.8. The third kappa shape index (κ3) is 17.1. The molecule has 0 aliphatic heterocycles. The van der Waals surface area contributed by atoms with Gasteiger partial charge in [0.15, 0.2) is 0 Å². The van der Waals surface area contributed by atoms with Crippen molar-refractivity contribution in [3.63, 3.8) is 0 Å². The van der Waals surface area contributed by atoms with Crippen LogP contribution in [-0.2, 0) is 63.5 Å². The average molecular weight is 638 g/mol. The second-order valence-corrected chi connectivity index (χ2v) is 6.32. The number of aliphatic hydroxyl groups is 9. The van der Waals surface area contributed by atoms with Crippen LogP contribution in [0.3, 0.4) is 0 Å². The Labute approximate surface area is 230 Å². The first-order chi connectivity index (χ1) is 15.8. The summed E-state index contributed by atoms with van der Waals surface area (Å²) >= 11 is 0. The fraction of sp³-hybridized carbons (Fsp3) is 0.600. The molecule has 0 aromatic carbocycles. The summed E-state index contributed by atoms with van der Waals surface area (Å²) in [5.74, 6) is -23.3. The molecule has 2 radical (unpaired) electrons. The molecular formula is C15H18Cr2O21. The second kappa shape index (κ2) is 18.7. The molecule has 0 fully saturated rings. The van der Waals surface area contributed by atoms with Gasteiger partial charge in [0.1, 0.15) is 36.2 Å². The van der Waals surface area contributed by atoms with Crippen LogP contribution in [0.1, 0.15) is 19.3 Å². The number of hydrogen-bond donors (Lipinski definition) is 9. The van der Waals surface area contributed by atoms with Crippen molar-refractivity contribution in [2.75, 3.05) is 0 Å². The van der Waals surface area contributed by atoms with Crippen molar-refractivity contribution in [3.8, 4) is 0 Å². The summed E-state index contributed by atoms with van der Waals surface area (Å²) in [5.41, 5.74) is 0. The zero-order valence-corrected chi connectivity index (χ0v) is 20.6. The molecule has 0 aliphatic carbocycles. The van der Waals surface area contributed by atoms with E-state index in [1.165, 1.54) is 0 Å². The summed E-state index contributed by atoms with van der Waals surface area (Å²) in [5, 5.41) is 135. The van der Waals surface area contributed by atoms with Crippen molar-refractivity contribution < 1.29 is 140 Å². The molecule has 0 amide bonds. The van der Waals surface area contributed by atoms with E-state index in [0.717, 1.165) is 0 Å². The predicted molar refractivity (Wildman–Crippen MR) is 83.4 cm³/mol. The average Bonchev–Trinajstić information content (AvgIpc) is 2.66. The maximum absolute atomic E-state index is 9.86. The molecule has 0 bridgehead atoms. The number of aliphatic hydroxyl groups excluding tert-OH is 3. The van der Waals surface area contributed by atoms with Crippen LogP contribution in [0.25, 0.3) is 0 Å². The number of hydrogen-bond acceptors (Lipinski definition) is 21. The quantitative estimate of drug-likeness (QED) is 0.0895. The summed E-state index contributed by atoms with van der Waals surface area (Å²) in [6.45, 7) is 0. The maximum Gasteiger partial charge on any atom is 3.00 e. The van der Waals surface area contributed by atoms with Crippen molar-refractivity contribution in [1.82, 2.24) is 0 Å². The second-order valence-electron chi connectivity index (χ2n) is 6.32. The summed E-state index contributed by atoms with van der Waals surface area (Å²) in [4.78, 5) is 58.9. The van der Waals surface area contributed by atoms with Crippen LogP contribution in [0.2, 0.25) is 0 Å². The van der Waals surface area contributed by atoms with Gasteiger partial charge >= 0.3 is 34.7 Å². The molecule has 3 unspecified atom stereocenters. The minimum atomic E-state index is -3.57. The summed E-state index contributed by atoms with van der Waals surface area (Å²) in [7, 11) is 0. The first-order valence-electron chi connectivity index (χ1n) is 8.47. The molecular weight excluding hydrogens is 620 g/mol. The standard InChI is InChI=1S/3C5H8O7.2Cr/c3*6-2(1-3(7)8)5(11,12)4(9)10;;/h3*2,6,11-12H,1H2,(H,7,8)(H,9,10);;/q;;;2*+3/p-6. The monoisotopic (exact) mass is 638 g/mol. The minimum absolute atomic E-state index is 0. The van der Waals surface area contributed by atoms with Gasteiger partial charge in [-0.3, -0.25) is 0 Å². The normalized spacial score (nSPS) is 13.2. The Bertz CT molecular complexity index is 704. The Hall–Kier alpha value is -2.48. The van der Waals surface area contributed by atoms with E-state index >= 15 is 0 Å². The number of carboxylic acid groups (broad SMARTS) is 6. The molecule has 0 rings (SSSR count). The molecule has 0 spiro atoms. The zero-order valence-electron chi connectivity index (χ0n) is 18.1. The van der Waals surface area contributed by atoms with Crippen LogP contribution in [0.15, 0.2) is 0 Å². The largest absolute Gasteiger partial charge is 3.00 e. The topological polar surface area (TPSA) is 423 Å². The van der Waals surface area contributed by atoms with E-state index in [4.69, 9.17) is 46.0 Å². The van der Waals surface area contributed by atoms with Gasteiger partial charge in [-0.2, -0.15) is 0 Å². The molecule has 0 aliphatic rings. The number of carbonyl (C=O) groups is 6. The van der Waals surface area contributed by atoms with Crippen LogP contribution < -0.4 is 30.6 Å². The third-order valence-electron chi connectivity index (χ3n) is 3.38. The van der Waals surface area contributed by atoms with Crippen molar-refractivity contribution in [3.05, 3.63) is 0 Å². The fourth-order valence-electron chi connectivity index (χ4n) is 1.31. The number of carboxylic acids is 6. The first kappa shape index (κ1) is 45.4. The molecule has 21 nitrogen and oxygen atoms in total. The summed E-state index contributed by atoms with van der Waals surface area (Å²) in [6.07, 6.45) is -10.8. The van der Waals surface area contributed by atoms with Gasteiger partial charge in [0, 0.05) is 37.2 Å². The van der Waals surface area contributed by atoms with E-state index in [1.54, 1.807) is 0 Å². The van der Waals surface area contributed by atoms with Crippen molar-refractivity contribution >= 4 is 35.8 Å². The molecule has 0 aromatic heterocycles. The number of carbonyl (C=O) groups excluding carboxylic acids is 6. The molecule has 216 valence electrons. The fourth-order valence-corrected chi connectivity index (χ4v) is 1.31. The first-order valence-corrected chi connectivity index (χ1v) is 8.47. The van der Waals surface area contributed by atoms with Crippen molar-refractivity contribution in [2.24, 2.45) is 0 Å². The molecule has 0 saturated heterocycles. The van der Waals surface area contributed by atoms with Gasteiger partial charge in [-0.15, -0.1) is 0 Å². The molecule has 38 heavy (non-hydrogen) atoms. The number of rotatable bonds is 12. The molecule has 0 saturated carbocycles. The van der Waals surface area contributed by atoms with Gasteiger partial charge in [0.2, 0.25) is 17.4 Å². The smallest absolute Gasteiger partial charge is 0.550 e. The minimum Gasteiger partial charge on any atom is -0.550 e. The van der Waals surface area contributed by atoms with Crippen molar-refractivity contribution in [2.45, 2.75) is 54.9 Å².